The molecule has 0 saturated carbocycles. The number of nitro groups is 1. The van der Waals surface area contributed by atoms with E-state index < -0.39 is 4.92 Å². The van der Waals surface area contributed by atoms with Gasteiger partial charge in [0.05, 0.1) is 10.3 Å². The van der Waals surface area contributed by atoms with Crippen LogP contribution in [0.15, 0.2) is 28.9 Å². The minimum absolute atomic E-state index is 0.0656. The Balaban J connectivity index is 2.72. The van der Waals surface area contributed by atoms with E-state index >= 15 is 0 Å². The molecule has 5 heteroatoms. The van der Waals surface area contributed by atoms with Crippen molar-refractivity contribution < 1.29 is 14.4 Å². The Morgan fingerprint density at radius 2 is 2.23 bits per heavy atom. The van der Waals surface area contributed by atoms with Crippen molar-refractivity contribution in [1.29, 1.82) is 0 Å². The van der Waals surface area contributed by atoms with Crippen molar-refractivity contribution in [1.82, 2.24) is 0 Å². The first-order chi connectivity index (χ1) is 6.18. The third-order valence-corrected chi connectivity index (χ3v) is 1.75. The van der Waals surface area contributed by atoms with E-state index in [4.69, 9.17) is 4.42 Å². The minimum atomic E-state index is -0.522. The van der Waals surface area contributed by atoms with Crippen LogP contribution < -0.4 is 0 Å². The largest absolute Gasteiger partial charge is 0.504 e. The van der Waals surface area contributed by atoms with Gasteiger partial charge in [0.25, 0.3) is 5.69 Å². The molecule has 1 aromatic heterocycles. The predicted octanol–water partition coefficient (Wildman–Crippen LogP) is 2.05. The van der Waals surface area contributed by atoms with E-state index in [9.17, 15) is 15.2 Å². The standard InChI is InChI=1S/C8H5NO4/c10-7-4-13-8-2-1-5(9(11)12)3-6(7)8/h1-4,10H. The van der Waals surface area contributed by atoms with Gasteiger partial charge in [0, 0.05) is 12.1 Å². The van der Waals surface area contributed by atoms with Crippen LogP contribution in [-0.4, -0.2) is 10.0 Å². The van der Waals surface area contributed by atoms with Gasteiger partial charge in [0.1, 0.15) is 11.8 Å². The molecule has 0 aliphatic heterocycles. The number of hydrogen-bond donors (Lipinski definition) is 1. The van der Waals surface area contributed by atoms with E-state index in [1.165, 1.54) is 18.2 Å². The van der Waals surface area contributed by atoms with E-state index in [1.807, 2.05) is 0 Å². The topological polar surface area (TPSA) is 76.5 Å². The zero-order valence-corrected chi connectivity index (χ0v) is 6.43. The first-order valence-electron chi connectivity index (χ1n) is 3.53. The van der Waals surface area contributed by atoms with Crippen molar-refractivity contribution in [3.8, 4) is 5.75 Å². The van der Waals surface area contributed by atoms with E-state index in [0.717, 1.165) is 6.26 Å². The van der Waals surface area contributed by atoms with Crippen LogP contribution in [0, 0.1) is 10.1 Å². The molecule has 2 rings (SSSR count). The van der Waals surface area contributed by atoms with Gasteiger partial charge in [-0.1, -0.05) is 0 Å². The van der Waals surface area contributed by atoms with Crippen molar-refractivity contribution in [3.05, 3.63) is 34.6 Å². The monoisotopic (exact) mass is 179 g/mol. The smallest absolute Gasteiger partial charge is 0.270 e. The molecule has 0 aliphatic rings. The number of nitro benzene ring substituents is 1. The number of hydrogen-bond acceptors (Lipinski definition) is 4. The van der Waals surface area contributed by atoms with E-state index in [-0.39, 0.29) is 11.4 Å². The number of rotatable bonds is 1. The maximum Gasteiger partial charge on any atom is 0.270 e. The summed E-state index contributed by atoms with van der Waals surface area (Å²) in [4.78, 5) is 9.85. The lowest BCUT2D eigenvalue weighted by Crippen LogP contribution is -1.85. The molecule has 13 heavy (non-hydrogen) atoms. The number of furan rings is 1. The van der Waals surface area contributed by atoms with Crippen LogP contribution in [0.25, 0.3) is 11.0 Å². The number of non-ortho nitro benzene ring substituents is 1. The van der Waals surface area contributed by atoms with Crippen molar-refractivity contribution in [3.63, 3.8) is 0 Å². The molecule has 0 aliphatic carbocycles. The van der Waals surface area contributed by atoms with Crippen molar-refractivity contribution in [2.75, 3.05) is 0 Å². The Morgan fingerprint density at radius 1 is 1.46 bits per heavy atom. The number of benzene rings is 1. The van der Waals surface area contributed by atoms with Crippen molar-refractivity contribution in [2.24, 2.45) is 0 Å². The molecule has 1 N–H and O–H groups in total. The zero-order chi connectivity index (χ0) is 9.42. The number of nitrogens with zero attached hydrogens (tertiary/aromatic N) is 1. The second kappa shape index (κ2) is 2.48. The SMILES string of the molecule is O=[N+]([O-])c1ccc2occ(O)c2c1. The van der Waals surface area contributed by atoms with E-state index in [2.05, 4.69) is 0 Å². The second-order valence-corrected chi connectivity index (χ2v) is 2.56. The van der Waals surface area contributed by atoms with Gasteiger partial charge in [-0.25, -0.2) is 0 Å². The van der Waals surface area contributed by atoms with Crippen LogP contribution in [-0.2, 0) is 0 Å². The summed E-state index contributed by atoms with van der Waals surface area (Å²) >= 11 is 0. The van der Waals surface area contributed by atoms with Crippen LogP contribution in [0.4, 0.5) is 5.69 Å². The number of aromatic hydroxyl groups is 1. The fourth-order valence-corrected chi connectivity index (χ4v) is 1.12. The maximum absolute atomic E-state index is 10.4. The second-order valence-electron chi connectivity index (χ2n) is 2.56. The van der Waals surface area contributed by atoms with E-state index in [0.29, 0.717) is 11.0 Å². The third kappa shape index (κ3) is 1.10. The lowest BCUT2D eigenvalue weighted by Gasteiger charge is -1.90. The summed E-state index contributed by atoms with van der Waals surface area (Å²) in [6.45, 7) is 0. The quantitative estimate of drug-likeness (QED) is 0.536. The highest BCUT2D eigenvalue weighted by molar-refractivity contribution is 5.85. The molecule has 1 aromatic carbocycles. The van der Waals surface area contributed by atoms with Crippen LogP contribution in [0.3, 0.4) is 0 Å². The summed E-state index contributed by atoms with van der Waals surface area (Å²) < 4.78 is 4.91. The molecule has 0 amide bonds. The van der Waals surface area contributed by atoms with Gasteiger partial charge < -0.3 is 9.52 Å². The average molecular weight is 179 g/mol. The molecular formula is C8H5NO4. The van der Waals surface area contributed by atoms with Gasteiger partial charge in [0.2, 0.25) is 0 Å². The molecular weight excluding hydrogens is 174 g/mol. The fraction of sp³-hybridized carbons (Fsp3) is 0. The van der Waals surface area contributed by atoms with Crippen molar-refractivity contribution in [2.45, 2.75) is 0 Å². The number of fused-ring (bicyclic) bond motifs is 1. The Hall–Kier alpha value is -2.04. The average Bonchev–Trinajstić information content (AvgIpc) is 2.47. The lowest BCUT2D eigenvalue weighted by molar-refractivity contribution is -0.384. The molecule has 0 radical (unpaired) electrons. The Labute approximate surface area is 72.4 Å². The van der Waals surface area contributed by atoms with Crippen LogP contribution in [0.1, 0.15) is 0 Å². The van der Waals surface area contributed by atoms with Gasteiger partial charge in [-0.15, -0.1) is 0 Å². The molecule has 0 bridgehead atoms. The minimum Gasteiger partial charge on any atom is -0.504 e. The lowest BCUT2D eigenvalue weighted by atomic mass is 10.2. The molecule has 5 nitrogen and oxygen atoms in total. The summed E-state index contributed by atoms with van der Waals surface area (Å²) in [5.41, 5.74) is 0.368. The first-order valence-corrected chi connectivity index (χ1v) is 3.53. The predicted molar refractivity (Wildman–Crippen MR) is 44.5 cm³/mol. The highest BCUT2D eigenvalue weighted by atomic mass is 16.6. The normalized spacial score (nSPS) is 10.5. The van der Waals surface area contributed by atoms with Crippen LogP contribution in [0.2, 0.25) is 0 Å². The zero-order valence-electron chi connectivity index (χ0n) is 6.43. The van der Waals surface area contributed by atoms with Crippen LogP contribution >= 0.6 is 0 Å². The van der Waals surface area contributed by atoms with Gasteiger partial charge in [-0.3, -0.25) is 10.1 Å². The third-order valence-electron chi connectivity index (χ3n) is 1.75. The van der Waals surface area contributed by atoms with Gasteiger partial charge in [-0.05, 0) is 6.07 Å². The maximum atomic E-state index is 10.4. The van der Waals surface area contributed by atoms with Gasteiger partial charge >= 0.3 is 0 Å². The Morgan fingerprint density at radius 3 is 2.92 bits per heavy atom. The Bertz CT molecular complexity index is 474. The molecule has 0 spiro atoms. The summed E-state index contributed by atoms with van der Waals surface area (Å²) in [5.74, 6) is -0.0845. The highest BCUT2D eigenvalue weighted by Gasteiger charge is 2.10. The molecule has 0 unspecified atom stereocenters. The summed E-state index contributed by atoms with van der Waals surface area (Å²) in [6.07, 6.45) is 1.15. The Kier molecular flexibility index (Phi) is 1.45. The summed E-state index contributed by atoms with van der Waals surface area (Å²) in [6, 6.07) is 4.05. The molecule has 0 saturated heterocycles. The highest BCUT2D eigenvalue weighted by Crippen LogP contribution is 2.29. The molecule has 0 fully saturated rings. The van der Waals surface area contributed by atoms with Crippen molar-refractivity contribution >= 4 is 16.7 Å². The van der Waals surface area contributed by atoms with Gasteiger partial charge in [0.15, 0.2) is 5.75 Å². The molecule has 2 aromatic rings. The first kappa shape index (κ1) is 7.60. The van der Waals surface area contributed by atoms with E-state index in [1.54, 1.807) is 0 Å². The molecule has 1 heterocycles. The molecule has 0 atom stereocenters. The van der Waals surface area contributed by atoms with Gasteiger partial charge in [-0.2, -0.15) is 0 Å². The van der Waals surface area contributed by atoms with Crippen LogP contribution in [0.5, 0.6) is 5.75 Å². The molecule has 66 valence electrons. The summed E-state index contributed by atoms with van der Waals surface area (Å²) in [7, 11) is 0. The fourth-order valence-electron chi connectivity index (χ4n) is 1.12. The summed E-state index contributed by atoms with van der Waals surface area (Å²) in [5, 5.41) is 19.9.